The molecule has 4 nitrogen and oxygen atoms in total. The number of aliphatic carboxylic acids is 1. The molecule has 0 amide bonds. The number of hydrogen-bond donors (Lipinski definition) is 2. The van der Waals surface area contributed by atoms with Crippen molar-refractivity contribution >= 4 is 5.97 Å². The fourth-order valence-electron chi connectivity index (χ4n) is 1.02. The van der Waals surface area contributed by atoms with Gasteiger partial charge in [0, 0.05) is 6.92 Å². The van der Waals surface area contributed by atoms with Gasteiger partial charge in [0.15, 0.2) is 0 Å². The van der Waals surface area contributed by atoms with Crippen LogP contribution in [-0.4, -0.2) is 35.0 Å². The first-order chi connectivity index (χ1) is 5.56. The summed E-state index contributed by atoms with van der Waals surface area (Å²) >= 11 is 0. The largest absolute Gasteiger partial charge is 0.481 e. The highest BCUT2D eigenvalue weighted by Gasteiger charge is 2.19. The minimum Gasteiger partial charge on any atom is -0.481 e. The average molecular weight is 176 g/mol. The third kappa shape index (κ3) is 6.12. The van der Waals surface area contributed by atoms with E-state index >= 15 is 0 Å². The van der Waals surface area contributed by atoms with Crippen molar-refractivity contribution in [1.82, 2.24) is 0 Å². The van der Waals surface area contributed by atoms with Gasteiger partial charge in [-0.05, 0) is 19.8 Å². The zero-order valence-corrected chi connectivity index (χ0v) is 7.49. The summed E-state index contributed by atoms with van der Waals surface area (Å²) in [6.07, 6.45) is 2.63. The van der Waals surface area contributed by atoms with E-state index in [1.165, 1.54) is 0 Å². The maximum Gasteiger partial charge on any atom is 0.300 e. The number of hydrogen-bond acceptors (Lipinski definition) is 3. The standard InChI is InChI=1S/C6H12O2.C2H4O2/c1-5-2-3-6(4-7)8-5;1-2(3)4/h5-7H,2-4H2,1H3;1H3,(H,3,4). The van der Waals surface area contributed by atoms with Crippen LogP contribution in [0.1, 0.15) is 26.7 Å². The van der Waals surface area contributed by atoms with Crippen molar-refractivity contribution in [2.45, 2.75) is 38.9 Å². The highest BCUT2D eigenvalue weighted by Crippen LogP contribution is 2.17. The van der Waals surface area contributed by atoms with Crippen LogP contribution in [0.15, 0.2) is 0 Å². The second kappa shape index (κ2) is 5.97. The molecule has 0 radical (unpaired) electrons. The smallest absolute Gasteiger partial charge is 0.300 e. The molecule has 4 heteroatoms. The maximum atomic E-state index is 9.00. The molecule has 1 aliphatic heterocycles. The van der Waals surface area contributed by atoms with E-state index in [9.17, 15) is 0 Å². The van der Waals surface area contributed by atoms with Crippen LogP contribution in [0.4, 0.5) is 0 Å². The van der Waals surface area contributed by atoms with E-state index in [2.05, 4.69) is 0 Å². The van der Waals surface area contributed by atoms with Crippen LogP contribution >= 0.6 is 0 Å². The van der Waals surface area contributed by atoms with Crippen LogP contribution in [0.5, 0.6) is 0 Å². The van der Waals surface area contributed by atoms with E-state index in [1.807, 2.05) is 6.92 Å². The fraction of sp³-hybridized carbons (Fsp3) is 0.875. The lowest BCUT2D eigenvalue weighted by atomic mass is 10.2. The molecule has 12 heavy (non-hydrogen) atoms. The lowest BCUT2D eigenvalue weighted by molar-refractivity contribution is -0.134. The van der Waals surface area contributed by atoms with Gasteiger partial charge >= 0.3 is 0 Å². The fourth-order valence-corrected chi connectivity index (χ4v) is 1.02. The molecular formula is C8H16O4. The van der Waals surface area contributed by atoms with Gasteiger partial charge in [0.25, 0.3) is 5.97 Å². The summed E-state index contributed by atoms with van der Waals surface area (Å²) in [5.41, 5.74) is 0. The molecule has 0 spiro atoms. The van der Waals surface area contributed by atoms with Gasteiger partial charge in [0.05, 0.1) is 18.8 Å². The number of carboxylic acid groups (broad SMARTS) is 1. The molecule has 0 bridgehead atoms. The van der Waals surface area contributed by atoms with Crippen molar-refractivity contribution in [3.8, 4) is 0 Å². The molecule has 0 aromatic rings. The number of carbonyl (C=O) groups is 1. The van der Waals surface area contributed by atoms with E-state index in [0.717, 1.165) is 19.8 Å². The number of rotatable bonds is 1. The minimum atomic E-state index is -0.833. The molecule has 1 fully saturated rings. The normalized spacial score (nSPS) is 27.6. The Morgan fingerprint density at radius 1 is 1.58 bits per heavy atom. The van der Waals surface area contributed by atoms with Gasteiger partial charge in [-0.15, -0.1) is 0 Å². The lowest BCUT2D eigenvalue weighted by Gasteiger charge is -2.05. The molecule has 0 aromatic carbocycles. The van der Waals surface area contributed by atoms with Crippen LogP contribution in [0.3, 0.4) is 0 Å². The molecule has 1 heterocycles. The summed E-state index contributed by atoms with van der Waals surface area (Å²) < 4.78 is 5.26. The van der Waals surface area contributed by atoms with Crippen LogP contribution in [0.2, 0.25) is 0 Å². The van der Waals surface area contributed by atoms with Crippen molar-refractivity contribution < 1.29 is 19.7 Å². The molecule has 0 aromatic heterocycles. The minimum absolute atomic E-state index is 0.130. The third-order valence-electron chi connectivity index (χ3n) is 1.52. The molecule has 2 N–H and O–H groups in total. The van der Waals surface area contributed by atoms with E-state index in [1.54, 1.807) is 0 Å². The number of carboxylic acids is 1. The van der Waals surface area contributed by atoms with E-state index in [4.69, 9.17) is 19.7 Å². The Morgan fingerprint density at radius 2 is 2.08 bits per heavy atom. The molecule has 72 valence electrons. The number of aliphatic hydroxyl groups is 1. The molecule has 1 aliphatic rings. The van der Waals surface area contributed by atoms with Gasteiger partial charge in [-0.1, -0.05) is 0 Å². The molecule has 1 saturated heterocycles. The Hall–Kier alpha value is -0.610. The first-order valence-electron chi connectivity index (χ1n) is 4.02. The first-order valence-corrected chi connectivity index (χ1v) is 4.02. The van der Waals surface area contributed by atoms with Crippen molar-refractivity contribution in [1.29, 1.82) is 0 Å². The van der Waals surface area contributed by atoms with Crippen molar-refractivity contribution in [2.24, 2.45) is 0 Å². The van der Waals surface area contributed by atoms with Crippen LogP contribution in [0.25, 0.3) is 0 Å². The van der Waals surface area contributed by atoms with Gasteiger partial charge in [0.2, 0.25) is 0 Å². The summed E-state index contributed by atoms with van der Waals surface area (Å²) in [6, 6.07) is 0. The summed E-state index contributed by atoms with van der Waals surface area (Å²) in [6.45, 7) is 3.31. The first kappa shape index (κ1) is 11.4. The number of ether oxygens (including phenoxy) is 1. The highest BCUT2D eigenvalue weighted by atomic mass is 16.5. The molecule has 1 rings (SSSR count). The maximum absolute atomic E-state index is 9.00. The zero-order valence-electron chi connectivity index (χ0n) is 7.49. The Morgan fingerprint density at radius 3 is 2.25 bits per heavy atom. The van der Waals surface area contributed by atoms with Crippen molar-refractivity contribution in [3.63, 3.8) is 0 Å². The zero-order chi connectivity index (χ0) is 9.56. The predicted molar refractivity (Wildman–Crippen MR) is 44.0 cm³/mol. The van der Waals surface area contributed by atoms with Crippen LogP contribution in [0, 0.1) is 0 Å². The Balaban J connectivity index is 0.000000261. The SMILES string of the molecule is CC(=O)O.CC1CCC(CO)O1. The van der Waals surface area contributed by atoms with E-state index in [-0.39, 0.29) is 12.7 Å². The summed E-state index contributed by atoms with van der Waals surface area (Å²) in [5, 5.41) is 16.0. The molecular weight excluding hydrogens is 160 g/mol. The van der Waals surface area contributed by atoms with Gasteiger partial charge in [-0.25, -0.2) is 0 Å². The summed E-state index contributed by atoms with van der Waals surface area (Å²) in [5.74, 6) is -0.833. The molecule has 2 unspecified atom stereocenters. The van der Waals surface area contributed by atoms with Crippen LogP contribution < -0.4 is 0 Å². The Labute approximate surface area is 72.2 Å². The molecule has 0 saturated carbocycles. The second-order valence-corrected chi connectivity index (χ2v) is 2.85. The van der Waals surface area contributed by atoms with Gasteiger partial charge < -0.3 is 14.9 Å². The monoisotopic (exact) mass is 176 g/mol. The second-order valence-electron chi connectivity index (χ2n) is 2.85. The van der Waals surface area contributed by atoms with Crippen molar-refractivity contribution in [2.75, 3.05) is 6.61 Å². The van der Waals surface area contributed by atoms with E-state index in [0.29, 0.717) is 6.10 Å². The van der Waals surface area contributed by atoms with Crippen molar-refractivity contribution in [3.05, 3.63) is 0 Å². The number of aliphatic hydroxyl groups excluding tert-OH is 1. The van der Waals surface area contributed by atoms with E-state index < -0.39 is 5.97 Å². The lowest BCUT2D eigenvalue weighted by Crippen LogP contribution is -2.11. The predicted octanol–water partition coefficient (Wildman–Crippen LogP) is 0.637. The molecule has 2 atom stereocenters. The Bertz CT molecular complexity index is 131. The van der Waals surface area contributed by atoms with Crippen LogP contribution in [-0.2, 0) is 9.53 Å². The summed E-state index contributed by atoms with van der Waals surface area (Å²) in [4.78, 5) is 9.00. The summed E-state index contributed by atoms with van der Waals surface area (Å²) in [7, 11) is 0. The highest BCUT2D eigenvalue weighted by molar-refractivity contribution is 5.62. The van der Waals surface area contributed by atoms with Gasteiger partial charge in [-0.3, -0.25) is 4.79 Å². The topological polar surface area (TPSA) is 66.8 Å². The third-order valence-corrected chi connectivity index (χ3v) is 1.52. The quantitative estimate of drug-likeness (QED) is 0.615. The van der Waals surface area contributed by atoms with Gasteiger partial charge in [-0.2, -0.15) is 0 Å². The average Bonchev–Trinajstić information content (AvgIpc) is 2.34. The van der Waals surface area contributed by atoms with Gasteiger partial charge in [0.1, 0.15) is 0 Å². The molecule has 0 aliphatic carbocycles. The Kier molecular flexibility index (Phi) is 5.66.